The van der Waals surface area contributed by atoms with E-state index in [0.29, 0.717) is 18.8 Å². The maximum atomic E-state index is 13.8. The van der Waals surface area contributed by atoms with Crippen molar-refractivity contribution < 1.29 is 9.53 Å². The molecule has 1 N–H and O–H groups in total. The molecule has 34 heavy (non-hydrogen) atoms. The van der Waals surface area contributed by atoms with Crippen molar-refractivity contribution >= 4 is 34.3 Å². The van der Waals surface area contributed by atoms with Gasteiger partial charge >= 0.3 is 0 Å². The van der Waals surface area contributed by atoms with Gasteiger partial charge in [0.05, 0.1) is 17.5 Å². The molecule has 6 heteroatoms. The SMILES string of the molecule is COc1ccc2c(Sc3ccccc3)c(C(=O)N3CCN(c4cccc(C)c4)C(C)C3)[nH]c2c1. The third-order valence-corrected chi connectivity index (χ3v) is 7.52. The highest BCUT2D eigenvalue weighted by atomic mass is 32.2. The Balaban J connectivity index is 1.45. The lowest BCUT2D eigenvalue weighted by atomic mass is 10.1. The van der Waals surface area contributed by atoms with Crippen molar-refractivity contribution in [1.29, 1.82) is 0 Å². The highest BCUT2D eigenvalue weighted by Crippen LogP contribution is 2.38. The Hall–Kier alpha value is -3.38. The van der Waals surface area contributed by atoms with E-state index in [4.69, 9.17) is 4.74 Å². The first kappa shape index (κ1) is 22.4. The largest absolute Gasteiger partial charge is 0.497 e. The van der Waals surface area contributed by atoms with E-state index < -0.39 is 0 Å². The summed E-state index contributed by atoms with van der Waals surface area (Å²) >= 11 is 1.63. The minimum atomic E-state index is 0.0457. The predicted octanol–water partition coefficient (Wildman–Crippen LogP) is 5.99. The molecule has 174 valence electrons. The van der Waals surface area contributed by atoms with Crippen LogP contribution in [0.3, 0.4) is 0 Å². The zero-order valence-corrected chi connectivity index (χ0v) is 20.6. The van der Waals surface area contributed by atoms with Crippen LogP contribution in [0.5, 0.6) is 5.75 Å². The van der Waals surface area contributed by atoms with Crippen molar-refractivity contribution in [3.05, 3.63) is 84.1 Å². The number of anilines is 1. The summed E-state index contributed by atoms with van der Waals surface area (Å²) in [6, 6.07) is 24.9. The summed E-state index contributed by atoms with van der Waals surface area (Å²) in [5, 5.41) is 1.03. The van der Waals surface area contributed by atoms with E-state index in [-0.39, 0.29) is 11.9 Å². The quantitative estimate of drug-likeness (QED) is 0.389. The van der Waals surface area contributed by atoms with E-state index in [1.54, 1.807) is 18.9 Å². The summed E-state index contributed by atoms with van der Waals surface area (Å²) in [6.45, 7) is 6.49. The summed E-state index contributed by atoms with van der Waals surface area (Å²) < 4.78 is 5.42. The fraction of sp³-hybridized carbons (Fsp3) is 0.250. The van der Waals surface area contributed by atoms with E-state index in [0.717, 1.165) is 33.0 Å². The number of carbonyl (C=O) groups is 1. The number of H-pyrrole nitrogens is 1. The second-order valence-corrected chi connectivity index (χ2v) is 9.87. The number of hydrogen-bond acceptors (Lipinski definition) is 4. The lowest BCUT2D eigenvalue weighted by molar-refractivity contribution is 0.0718. The van der Waals surface area contributed by atoms with Crippen molar-refractivity contribution in [3.8, 4) is 5.75 Å². The molecular weight excluding hydrogens is 442 g/mol. The molecule has 0 bridgehead atoms. The van der Waals surface area contributed by atoms with Crippen LogP contribution in [0, 0.1) is 6.92 Å². The number of fused-ring (bicyclic) bond motifs is 1. The van der Waals surface area contributed by atoms with Gasteiger partial charge in [0, 0.05) is 47.7 Å². The molecule has 1 aliphatic rings. The Morgan fingerprint density at radius 2 is 1.85 bits per heavy atom. The molecule has 1 aromatic heterocycles. The Morgan fingerprint density at radius 3 is 2.59 bits per heavy atom. The van der Waals surface area contributed by atoms with E-state index in [1.165, 1.54) is 11.3 Å². The molecule has 5 rings (SSSR count). The molecule has 1 atom stereocenters. The number of piperazine rings is 1. The van der Waals surface area contributed by atoms with E-state index in [9.17, 15) is 4.79 Å². The lowest BCUT2D eigenvalue weighted by Crippen LogP contribution is -2.54. The Morgan fingerprint density at radius 1 is 1.03 bits per heavy atom. The zero-order valence-electron chi connectivity index (χ0n) is 19.7. The molecule has 0 saturated carbocycles. The molecule has 1 saturated heterocycles. The van der Waals surface area contributed by atoms with Crippen LogP contribution in [0.2, 0.25) is 0 Å². The molecule has 0 radical (unpaired) electrons. The smallest absolute Gasteiger partial charge is 0.271 e. The lowest BCUT2D eigenvalue weighted by Gasteiger charge is -2.41. The van der Waals surface area contributed by atoms with Gasteiger partial charge in [-0.25, -0.2) is 0 Å². The van der Waals surface area contributed by atoms with Crippen molar-refractivity contribution in [3.63, 3.8) is 0 Å². The third-order valence-electron chi connectivity index (χ3n) is 6.38. The summed E-state index contributed by atoms with van der Waals surface area (Å²) in [5.41, 5.74) is 4.03. The molecule has 2 heterocycles. The minimum absolute atomic E-state index is 0.0457. The molecular formula is C28H29N3O2S. The summed E-state index contributed by atoms with van der Waals surface area (Å²) in [7, 11) is 1.66. The number of amides is 1. The van der Waals surface area contributed by atoms with Crippen LogP contribution < -0.4 is 9.64 Å². The number of nitrogens with zero attached hydrogens (tertiary/aromatic N) is 2. The molecule has 1 amide bonds. The second kappa shape index (κ2) is 9.47. The number of aromatic nitrogens is 1. The number of ether oxygens (including phenoxy) is 1. The van der Waals surface area contributed by atoms with Crippen molar-refractivity contribution in [1.82, 2.24) is 9.88 Å². The maximum Gasteiger partial charge on any atom is 0.271 e. The molecule has 1 fully saturated rings. The number of aromatic amines is 1. The van der Waals surface area contributed by atoms with Gasteiger partial charge in [-0.15, -0.1) is 0 Å². The molecule has 0 spiro atoms. The number of methoxy groups -OCH3 is 1. The van der Waals surface area contributed by atoms with Gasteiger partial charge in [-0.1, -0.05) is 42.1 Å². The van der Waals surface area contributed by atoms with Gasteiger partial charge < -0.3 is 19.5 Å². The highest BCUT2D eigenvalue weighted by Gasteiger charge is 2.30. The van der Waals surface area contributed by atoms with Crippen LogP contribution in [0.15, 0.2) is 82.6 Å². The van der Waals surface area contributed by atoms with Crippen LogP contribution in [0.25, 0.3) is 10.9 Å². The normalized spacial score (nSPS) is 16.1. The van der Waals surface area contributed by atoms with Crippen LogP contribution in [0.4, 0.5) is 5.69 Å². The van der Waals surface area contributed by atoms with Crippen LogP contribution in [-0.2, 0) is 0 Å². The maximum absolute atomic E-state index is 13.8. The second-order valence-electron chi connectivity index (χ2n) is 8.79. The summed E-state index contributed by atoms with van der Waals surface area (Å²) in [6.07, 6.45) is 0. The number of carbonyl (C=O) groups excluding carboxylic acids is 1. The van der Waals surface area contributed by atoms with Gasteiger partial charge in [0.1, 0.15) is 11.4 Å². The van der Waals surface area contributed by atoms with Gasteiger partial charge in [-0.05, 0) is 55.8 Å². The number of benzene rings is 3. The molecule has 5 nitrogen and oxygen atoms in total. The molecule has 1 unspecified atom stereocenters. The van der Waals surface area contributed by atoms with E-state index in [1.807, 2.05) is 41.3 Å². The third kappa shape index (κ3) is 4.38. The predicted molar refractivity (Wildman–Crippen MR) is 139 cm³/mol. The summed E-state index contributed by atoms with van der Waals surface area (Å²) in [5.74, 6) is 0.814. The van der Waals surface area contributed by atoms with Crippen LogP contribution in [-0.4, -0.2) is 48.6 Å². The average Bonchev–Trinajstić information content (AvgIpc) is 3.21. The number of aryl methyl sites for hydroxylation is 1. The van der Waals surface area contributed by atoms with E-state index >= 15 is 0 Å². The van der Waals surface area contributed by atoms with Crippen LogP contribution in [0.1, 0.15) is 23.0 Å². The Bertz CT molecular complexity index is 1320. The first-order chi connectivity index (χ1) is 16.5. The van der Waals surface area contributed by atoms with Gasteiger partial charge in [0.2, 0.25) is 0 Å². The van der Waals surface area contributed by atoms with Gasteiger partial charge in [-0.2, -0.15) is 0 Å². The monoisotopic (exact) mass is 471 g/mol. The standard InChI is InChI=1S/C28H29N3O2S/c1-19-8-7-9-21(16-19)31-15-14-30(18-20(31)2)28(32)26-27(34-23-10-5-4-6-11-23)24-13-12-22(33-3)17-25(24)29-26/h4-13,16-17,20,29H,14-15,18H2,1-3H3. The average molecular weight is 472 g/mol. The summed E-state index contributed by atoms with van der Waals surface area (Å²) in [4.78, 5) is 23.7. The van der Waals surface area contributed by atoms with Crippen LogP contribution >= 0.6 is 11.8 Å². The van der Waals surface area contributed by atoms with Gasteiger partial charge in [0.25, 0.3) is 5.91 Å². The first-order valence-electron chi connectivity index (χ1n) is 11.6. The highest BCUT2D eigenvalue weighted by molar-refractivity contribution is 7.99. The van der Waals surface area contributed by atoms with Crippen molar-refractivity contribution in [2.45, 2.75) is 29.7 Å². The van der Waals surface area contributed by atoms with Crippen molar-refractivity contribution in [2.24, 2.45) is 0 Å². The molecule has 4 aromatic rings. The molecule has 1 aliphatic heterocycles. The molecule has 0 aliphatic carbocycles. The Kier molecular flexibility index (Phi) is 6.24. The van der Waals surface area contributed by atoms with Gasteiger partial charge in [-0.3, -0.25) is 4.79 Å². The topological polar surface area (TPSA) is 48.6 Å². The number of nitrogens with one attached hydrogen (secondary N) is 1. The zero-order chi connectivity index (χ0) is 23.7. The first-order valence-corrected chi connectivity index (χ1v) is 12.4. The minimum Gasteiger partial charge on any atom is -0.497 e. The van der Waals surface area contributed by atoms with Crippen molar-refractivity contribution in [2.75, 3.05) is 31.6 Å². The number of hydrogen-bond donors (Lipinski definition) is 1. The Labute approximate surface area is 204 Å². The van der Waals surface area contributed by atoms with Gasteiger partial charge in [0.15, 0.2) is 0 Å². The fourth-order valence-corrected chi connectivity index (χ4v) is 5.69. The fourth-order valence-electron chi connectivity index (χ4n) is 4.63. The van der Waals surface area contributed by atoms with E-state index in [2.05, 4.69) is 60.1 Å². The molecule has 3 aromatic carbocycles. The number of rotatable bonds is 5.